The maximum absolute atomic E-state index is 12.5. The summed E-state index contributed by atoms with van der Waals surface area (Å²) in [6.45, 7) is 4.69. The number of aromatic nitrogens is 1. The molecule has 8 heteroatoms. The first-order chi connectivity index (χ1) is 13.4. The van der Waals surface area contributed by atoms with E-state index in [0.29, 0.717) is 43.1 Å². The van der Waals surface area contributed by atoms with E-state index in [9.17, 15) is 9.59 Å². The van der Waals surface area contributed by atoms with Gasteiger partial charge in [0.25, 0.3) is 5.91 Å². The number of ether oxygens (including phenoxy) is 1. The third-order valence-electron chi connectivity index (χ3n) is 4.87. The van der Waals surface area contributed by atoms with Crippen LogP contribution in [0.15, 0.2) is 28.8 Å². The van der Waals surface area contributed by atoms with Crippen molar-refractivity contribution in [2.24, 2.45) is 0 Å². The first-order valence-corrected chi connectivity index (χ1v) is 9.67. The smallest absolute Gasteiger partial charge is 0.258 e. The summed E-state index contributed by atoms with van der Waals surface area (Å²) in [5.74, 6) is 1.14. The topological polar surface area (TPSA) is 84.7 Å². The number of carbonyl (C=O) groups is 2. The highest BCUT2D eigenvalue weighted by Gasteiger charge is 2.25. The number of nitrogens with one attached hydrogen (secondary N) is 1. The molecule has 0 radical (unpaired) electrons. The molecule has 1 aliphatic rings. The van der Waals surface area contributed by atoms with Crippen molar-refractivity contribution in [1.82, 2.24) is 15.4 Å². The second-order valence-corrected chi connectivity index (χ2v) is 7.39. The zero-order valence-electron chi connectivity index (χ0n) is 16.0. The lowest BCUT2D eigenvalue weighted by atomic mass is 10.1. The predicted octanol–water partition coefficient (Wildman–Crippen LogP) is 3.02. The number of likely N-dealkylation sites (tertiary alicyclic amines) is 1. The van der Waals surface area contributed by atoms with Gasteiger partial charge in [-0.3, -0.25) is 9.59 Å². The second kappa shape index (κ2) is 9.10. The van der Waals surface area contributed by atoms with Crippen molar-refractivity contribution in [3.05, 3.63) is 46.3 Å². The Morgan fingerprint density at radius 1 is 1.39 bits per heavy atom. The van der Waals surface area contributed by atoms with Crippen LogP contribution in [0.25, 0.3) is 0 Å². The Kier molecular flexibility index (Phi) is 6.57. The molecule has 1 unspecified atom stereocenters. The first-order valence-electron chi connectivity index (χ1n) is 9.29. The minimum Gasteiger partial charge on any atom is -0.484 e. The summed E-state index contributed by atoms with van der Waals surface area (Å²) < 4.78 is 10.6. The summed E-state index contributed by atoms with van der Waals surface area (Å²) in [5, 5.41) is 7.46. The van der Waals surface area contributed by atoms with Gasteiger partial charge in [-0.25, -0.2) is 0 Å². The molecule has 1 aromatic carbocycles. The van der Waals surface area contributed by atoms with Crippen molar-refractivity contribution in [3.8, 4) is 5.75 Å². The van der Waals surface area contributed by atoms with Gasteiger partial charge in [-0.05, 0) is 44.9 Å². The van der Waals surface area contributed by atoms with Gasteiger partial charge in [-0.1, -0.05) is 22.8 Å². The van der Waals surface area contributed by atoms with Crippen LogP contribution in [0.4, 0.5) is 0 Å². The highest BCUT2D eigenvalue weighted by atomic mass is 35.5. The molecule has 0 saturated carbocycles. The van der Waals surface area contributed by atoms with Crippen molar-refractivity contribution in [2.45, 2.75) is 45.7 Å². The minimum atomic E-state index is -0.211. The van der Waals surface area contributed by atoms with E-state index in [1.165, 1.54) is 0 Å². The number of nitrogens with zero attached hydrogens (tertiary/aromatic N) is 2. The van der Waals surface area contributed by atoms with Crippen molar-refractivity contribution in [1.29, 1.82) is 0 Å². The Morgan fingerprint density at radius 3 is 2.93 bits per heavy atom. The molecule has 7 nitrogen and oxygen atoms in total. The van der Waals surface area contributed by atoms with Gasteiger partial charge in [0.2, 0.25) is 5.91 Å². The molecule has 0 bridgehead atoms. The van der Waals surface area contributed by atoms with Crippen molar-refractivity contribution in [3.63, 3.8) is 0 Å². The van der Waals surface area contributed by atoms with E-state index in [4.69, 9.17) is 20.9 Å². The largest absolute Gasteiger partial charge is 0.484 e. The number of aryl methyl sites for hydroxylation is 2. The van der Waals surface area contributed by atoms with E-state index in [2.05, 4.69) is 10.5 Å². The molecule has 1 N–H and O–H groups in total. The Labute approximate surface area is 169 Å². The number of amides is 2. The third kappa shape index (κ3) is 5.25. The van der Waals surface area contributed by atoms with Crippen LogP contribution in [0, 0.1) is 13.8 Å². The van der Waals surface area contributed by atoms with Gasteiger partial charge < -0.3 is 19.5 Å². The van der Waals surface area contributed by atoms with Crippen LogP contribution in [0.1, 0.15) is 36.3 Å². The molecule has 0 spiro atoms. The number of hydrogen-bond acceptors (Lipinski definition) is 5. The van der Waals surface area contributed by atoms with E-state index in [0.717, 1.165) is 17.0 Å². The molecule has 28 heavy (non-hydrogen) atoms. The van der Waals surface area contributed by atoms with Crippen LogP contribution in [0.5, 0.6) is 5.75 Å². The van der Waals surface area contributed by atoms with E-state index in [1.807, 2.05) is 13.8 Å². The highest BCUT2D eigenvalue weighted by Crippen LogP contribution is 2.20. The van der Waals surface area contributed by atoms with Gasteiger partial charge >= 0.3 is 0 Å². The molecule has 2 amide bonds. The van der Waals surface area contributed by atoms with Crippen LogP contribution in [0.2, 0.25) is 5.02 Å². The molecule has 3 rings (SSSR count). The zero-order chi connectivity index (χ0) is 20.1. The van der Waals surface area contributed by atoms with Gasteiger partial charge in [-0.15, -0.1) is 0 Å². The summed E-state index contributed by atoms with van der Waals surface area (Å²) in [7, 11) is 0. The summed E-state index contributed by atoms with van der Waals surface area (Å²) in [6, 6.07) is 6.85. The predicted molar refractivity (Wildman–Crippen MR) is 104 cm³/mol. The zero-order valence-corrected chi connectivity index (χ0v) is 16.8. The molecule has 1 aromatic heterocycles. The third-order valence-corrected chi connectivity index (χ3v) is 5.10. The Balaban J connectivity index is 1.50. The molecule has 1 saturated heterocycles. The fourth-order valence-electron chi connectivity index (χ4n) is 3.24. The molecule has 1 fully saturated rings. The lowest BCUT2D eigenvalue weighted by Gasteiger charge is -2.21. The fourth-order valence-corrected chi connectivity index (χ4v) is 3.42. The SMILES string of the molecule is Cc1noc(C)c1CN1CCC(NC(=O)COc2cccc(Cl)c2)CCC1=O. The van der Waals surface area contributed by atoms with Gasteiger partial charge in [0.1, 0.15) is 11.5 Å². The lowest BCUT2D eigenvalue weighted by Crippen LogP contribution is -2.38. The average molecular weight is 406 g/mol. The highest BCUT2D eigenvalue weighted by molar-refractivity contribution is 6.30. The van der Waals surface area contributed by atoms with Crippen LogP contribution >= 0.6 is 11.6 Å². The quantitative estimate of drug-likeness (QED) is 0.798. The lowest BCUT2D eigenvalue weighted by molar-refractivity contribution is -0.131. The minimum absolute atomic E-state index is 0.0610. The Morgan fingerprint density at radius 2 is 2.21 bits per heavy atom. The molecule has 0 aliphatic carbocycles. The fraction of sp³-hybridized carbons (Fsp3) is 0.450. The summed E-state index contributed by atoms with van der Waals surface area (Å²) >= 11 is 5.90. The number of carbonyl (C=O) groups excluding carboxylic acids is 2. The van der Waals surface area contributed by atoms with Crippen LogP contribution < -0.4 is 10.1 Å². The Hall–Kier alpha value is -2.54. The van der Waals surface area contributed by atoms with Crippen LogP contribution in [-0.4, -0.2) is 41.1 Å². The summed E-state index contributed by atoms with van der Waals surface area (Å²) in [6.07, 6.45) is 1.70. The van der Waals surface area contributed by atoms with E-state index in [1.54, 1.807) is 29.2 Å². The number of halogens is 1. The Bertz CT molecular complexity index is 832. The maximum Gasteiger partial charge on any atom is 0.258 e. The van der Waals surface area contributed by atoms with E-state index in [-0.39, 0.29) is 24.5 Å². The van der Waals surface area contributed by atoms with E-state index >= 15 is 0 Å². The number of hydrogen-bond donors (Lipinski definition) is 1. The number of benzene rings is 1. The van der Waals surface area contributed by atoms with Crippen LogP contribution in [0.3, 0.4) is 0 Å². The standard InChI is InChI=1S/C20H24ClN3O4/c1-13-18(14(2)28-23-13)11-24-9-8-16(6-7-20(24)26)22-19(25)12-27-17-5-3-4-15(21)10-17/h3-5,10,16H,6-9,11-12H2,1-2H3,(H,22,25). The van der Waals surface area contributed by atoms with Gasteiger partial charge in [-0.2, -0.15) is 0 Å². The van der Waals surface area contributed by atoms with Gasteiger partial charge in [0, 0.05) is 29.6 Å². The van der Waals surface area contributed by atoms with Crippen LogP contribution in [-0.2, 0) is 16.1 Å². The molecular formula is C20H24ClN3O4. The van der Waals surface area contributed by atoms with Gasteiger partial charge in [0.15, 0.2) is 6.61 Å². The molecule has 2 heterocycles. The second-order valence-electron chi connectivity index (χ2n) is 6.96. The average Bonchev–Trinajstić information content (AvgIpc) is 2.87. The molecule has 2 aromatic rings. The molecule has 150 valence electrons. The monoisotopic (exact) mass is 405 g/mol. The summed E-state index contributed by atoms with van der Waals surface area (Å²) in [5.41, 5.74) is 1.75. The maximum atomic E-state index is 12.5. The number of rotatable bonds is 6. The molecular weight excluding hydrogens is 382 g/mol. The molecule has 1 atom stereocenters. The first kappa shape index (κ1) is 20.2. The van der Waals surface area contributed by atoms with Crippen molar-refractivity contribution in [2.75, 3.05) is 13.2 Å². The van der Waals surface area contributed by atoms with Crippen molar-refractivity contribution < 1.29 is 18.8 Å². The van der Waals surface area contributed by atoms with E-state index < -0.39 is 0 Å². The summed E-state index contributed by atoms with van der Waals surface area (Å²) in [4.78, 5) is 26.5. The van der Waals surface area contributed by atoms with Gasteiger partial charge in [0.05, 0.1) is 12.2 Å². The van der Waals surface area contributed by atoms with Crippen molar-refractivity contribution >= 4 is 23.4 Å². The normalized spacial score (nSPS) is 17.3. The molecule has 1 aliphatic heterocycles.